The van der Waals surface area contributed by atoms with Crippen LogP contribution in [0, 0.1) is 34.9 Å². The first kappa shape index (κ1) is 26.8. The summed E-state index contributed by atoms with van der Waals surface area (Å²) in [6.45, 7) is 5.56. The van der Waals surface area contributed by atoms with Gasteiger partial charge < -0.3 is 9.47 Å². The summed E-state index contributed by atoms with van der Waals surface area (Å²) >= 11 is 0. The quantitative estimate of drug-likeness (QED) is 0.219. The average Bonchev–Trinajstić information content (AvgIpc) is 2.90. The van der Waals surface area contributed by atoms with Gasteiger partial charge >= 0.3 is 0 Å². The van der Waals surface area contributed by atoms with E-state index < -0.39 is 57.2 Å². The molecule has 1 aliphatic heterocycles. The monoisotopic (exact) mass is 520 g/mol. The number of rotatable bonds is 8. The Kier molecular flexibility index (Phi) is 8.27. The van der Waals surface area contributed by atoms with Crippen molar-refractivity contribution in [3.63, 3.8) is 0 Å². The van der Waals surface area contributed by atoms with Gasteiger partial charge in [-0.25, -0.2) is 22.0 Å². The minimum atomic E-state index is -1.52. The molecule has 1 fully saturated rings. The van der Waals surface area contributed by atoms with Crippen molar-refractivity contribution in [2.75, 3.05) is 13.2 Å². The second kappa shape index (κ2) is 11.4. The predicted octanol–water partition coefficient (Wildman–Crippen LogP) is 8.48. The molecule has 0 bridgehead atoms. The molecule has 1 heterocycles. The molecule has 196 valence electrons. The summed E-state index contributed by atoms with van der Waals surface area (Å²) in [4.78, 5) is 0. The number of allylic oxidation sites excluding steroid dienone is 1. The van der Waals surface area contributed by atoms with Crippen LogP contribution in [0.1, 0.15) is 44.1 Å². The van der Waals surface area contributed by atoms with Gasteiger partial charge in [0.1, 0.15) is 0 Å². The van der Waals surface area contributed by atoms with E-state index in [9.17, 15) is 13.2 Å². The van der Waals surface area contributed by atoms with Gasteiger partial charge in [0.05, 0.1) is 19.3 Å². The first-order valence-corrected chi connectivity index (χ1v) is 12.1. The second-order valence-electron chi connectivity index (χ2n) is 8.89. The summed E-state index contributed by atoms with van der Waals surface area (Å²) in [6, 6.07) is 6.70. The molecular formula is C29H26F6O2. The maximum Gasteiger partial charge on any atom is 0.201 e. The third-order valence-electron chi connectivity index (χ3n) is 6.62. The normalized spacial score (nSPS) is 17.6. The lowest BCUT2D eigenvalue weighted by Crippen LogP contribution is -2.25. The molecule has 3 aromatic rings. The molecule has 0 N–H and O–H groups in total. The Morgan fingerprint density at radius 2 is 1.32 bits per heavy atom. The minimum absolute atomic E-state index is 0.0331. The maximum absolute atomic E-state index is 15.1. The molecule has 1 saturated heterocycles. The first-order chi connectivity index (χ1) is 17.8. The van der Waals surface area contributed by atoms with E-state index in [4.69, 9.17) is 9.47 Å². The van der Waals surface area contributed by atoms with Gasteiger partial charge in [-0.2, -0.15) is 4.39 Å². The summed E-state index contributed by atoms with van der Waals surface area (Å²) in [7, 11) is 0. The first-order valence-electron chi connectivity index (χ1n) is 12.1. The Morgan fingerprint density at radius 1 is 0.784 bits per heavy atom. The van der Waals surface area contributed by atoms with Crippen molar-refractivity contribution in [1.82, 2.24) is 0 Å². The highest BCUT2D eigenvalue weighted by Gasteiger charge is 2.28. The highest BCUT2D eigenvalue weighted by Crippen LogP contribution is 2.38. The largest absolute Gasteiger partial charge is 0.491 e. The van der Waals surface area contributed by atoms with Gasteiger partial charge in [0.25, 0.3) is 0 Å². The summed E-state index contributed by atoms with van der Waals surface area (Å²) in [5.74, 6) is -9.00. The summed E-state index contributed by atoms with van der Waals surface area (Å²) in [5.41, 5.74) is -2.02. The van der Waals surface area contributed by atoms with Crippen LogP contribution in [0.25, 0.3) is 22.3 Å². The van der Waals surface area contributed by atoms with Crippen LogP contribution in [0.4, 0.5) is 26.3 Å². The van der Waals surface area contributed by atoms with E-state index in [1.54, 1.807) is 13.0 Å². The molecule has 2 unspecified atom stereocenters. The average molecular weight is 521 g/mol. The van der Waals surface area contributed by atoms with Gasteiger partial charge in [-0.3, -0.25) is 0 Å². The number of halogens is 6. The summed E-state index contributed by atoms with van der Waals surface area (Å²) in [5, 5.41) is 0. The molecule has 4 rings (SSSR count). The van der Waals surface area contributed by atoms with Gasteiger partial charge in [0.2, 0.25) is 5.82 Å². The zero-order valence-electron chi connectivity index (χ0n) is 20.2. The minimum Gasteiger partial charge on any atom is -0.491 e. The Hall–Kier alpha value is -3.26. The van der Waals surface area contributed by atoms with E-state index in [1.807, 2.05) is 0 Å². The highest BCUT2D eigenvalue weighted by atomic mass is 19.2. The van der Waals surface area contributed by atoms with Crippen molar-refractivity contribution in [2.24, 2.45) is 0 Å². The third-order valence-corrected chi connectivity index (χ3v) is 6.62. The summed E-state index contributed by atoms with van der Waals surface area (Å²) in [6.07, 6.45) is 4.72. The number of ether oxygens (including phenoxy) is 2. The Labute approximate surface area is 211 Å². The van der Waals surface area contributed by atoms with Crippen molar-refractivity contribution in [3.05, 3.63) is 89.5 Å². The fourth-order valence-corrected chi connectivity index (χ4v) is 4.64. The Morgan fingerprint density at radius 3 is 1.86 bits per heavy atom. The zero-order chi connectivity index (χ0) is 26.7. The van der Waals surface area contributed by atoms with Crippen LogP contribution in [0.5, 0.6) is 5.75 Å². The predicted molar refractivity (Wildman–Crippen MR) is 129 cm³/mol. The van der Waals surface area contributed by atoms with Gasteiger partial charge in [0, 0.05) is 28.2 Å². The molecule has 37 heavy (non-hydrogen) atoms. The standard InChI is InChI=1S/C29H26F6O2/c1-3-5-6-17-8-7-16(15-37-17)18-9-10-19(25(31)24(18)30)20-11-12-21(27(33)26(20)32)22-13-14-23(36-4-2)29(35)28(22)34/h3,9-14,16-17H,1,4-8,15H2,2H3. The van der Waals surface area contributed by atoms with E-state index in [0.717, 1.165) is 37.1 Å². The van der Waals surface area contributed by atoms with Crippen molar-refractivity contribution < 1.29 is 35.8 Å². The van der Waals surface area contributed by atoms with Crippen LogP contribution in [0.3, 0.4) is 0 Å². The van der Waals surface area contributed by atoms with Crippen molar-refractivity contribution in [3.8, 4) is 28.0 Å². The lowest BCUT2D eigenvalue weighted by Gasteiger charge is -2.29. The molecule has 8 heteroatoms. The van der Waals surface area contributed by atoms with E-state index in [2.05, 4.69) is 6.58 Å². The Balaban J connectivity index is 1.63. The van der Waals surface area contributed by atoms with E-state index in [-0.39, 0.29) is 36.5 Å². The topological polar surface area (TPSA) is 18.5 Å². The van der Waals surface area contributed by atoms with E-state index in [1.165, 1.54) is 12.1 Å². The van der Waals surface area contributed by atoms with Crippen molar-refractivity contribution >= 4 is 0 Å². The lowest BCUT2D eigenvalue weighted by atomic mass is 9.88. The number of hydrogen-bond acceptors (Lipinski definition) is 2. The number of hydrogen-bond donors (Lipinski definition) is 0. The highest BCUT2D eigenvalue weighted by molar-refractivity contribution is 5.73. The molecule has 0 aromatic heterocycles. The molecule has 0 radical (unpaired) electrons. The zero-order valence-corrected chi connectivity index (χ0v) is 20.2. The van der Waals surface area contributed by atoms with Crippen LogP contribution >= 0.6 is 0 Å². The van der Waals surface area contributed by atoms with Crippen LogP contribution in [-0.2, 0) is 4.74 Å². The van der Waals surface area contributed by atoms with Crippen LogP contribution in [0.15, 0.2) is 49.1 Å². The molecular weight excluding hydrogens is 494 g/mol. The molecule has 0 amide bonds. The molecule has 2 nitrogen and oxygen atoms in total. The molecule has 2 atom stereocenters. The van der Waals surface area contributed by atoms with E-state index in [0.29, 0.717) is 12.8 Å². The SMILES string of the molecule is C=CCCC1CCC(c2ccc(-c3ccc(-c4ccc(OCC)c(F)c4F)c(F)c3F)c(F)c2F)CO1. The molecule has 0 saturated carbocycles. The van der Waals surface area contributed by atoms with Crippen LogP contribution < -0.4 is 4.74 Å². The third kappa shape index (κ3) is 5.25. The van der Waals surface area contributed by atoms with Gasteiger partial charge in [-0.1, -0.05) is 30.3 Å². The maximum atomic E-state index is 15.1. The Bertz CT molecular complexity index is 1300. The van der Waals surface area contributed by atoms with Crippen LogP contribution in [-0.4, -0.2) is 19.3 Å². The van der Waals surface area contributed by atoms with Crippen LogP contribution in [0.2, 0.25) is 0 Å². The molecule has 3 aromatic carbocycles. The molecule has 1 aliphatic rings. The fourth-order valence-electron chi connectivity index (χ4n) is 4.64. The van der Waals surface area contributed by atoms with Crippen molar-refractivity contribution in [1.29, 1.82) is 0 Å². The van der Waals surface area contributed by atoms with E-state index >= 15 is 13.2 Å². The smallest absolute Gasteiger partial charge is 0.201 e. The molecule has 0 spiro atoms. The van der Waals surface area contributed by atoms with Crippen molar-refractivity contribution in [2.45, 2.75) is 44.6 Å². The van der Waals surface area contributed by atoms with Gasteiger partial charge in [-0.05, 0) is 50.3 Å². The molecule has 0 aliphatic carbocycles. The fraction of sp³-hybridized carbons (Fsp3) is 0.310. The number of benzene rings is 3. The lowest BCUT2D eigenvalue weighted by molar-refractivity contribution is -0.000882. The second-order valence-corrected chi connectivity index (χ2v) is 8.89. The van der Waals surface area contributed by atoms with Gasteiger partial charge in [0.15, 0.2) is 34.8 Å². The van der Waals surface area contributed by atoms with Gasteiger partial charge in [-0.15, -0.1) is 6.58 Å². The summed E-state index contributed by atoms with van der Waals surface area (Å²) < 4.78 is 99.7.